The zero-order chi connectivity index (χ0) is 12.1. The molecule has 2 fully saturated rings. The standard InChI is InChI=1S/C14H28N2O/c1-2-14(17)16-10-8-15(9-11-16)12-13-6-4-3-5-7-13/h13-14,17H,2-12H2,1H3. The predicted octanol–water partition coefficient (Wildman–Crippen LogP) is 1.91. The number of aliphatic hydroxyl groups excluding tert-OH is 1. The smallest absolute Gasteiger partial charge is 0.107 e. The van der Waals surface area contributed by atoms with Crippen LogP contribution in [0.25, 0.3) is 0 Å². The van der Waals surface area contributed by atoms with E-state index in [2.05, 4.69) is 16.7 Å². The lowest BCUT2D eigenvalue weighted by Crippen LogP contribution is -2.51. The Morgan fingerprint density at radius 1 is 1.06 bits per heavy atom. The first-order valence-electron chi connectivity index (χ1n) is 7.44. The Labute approximate surface area is 106 Å². The van der Waals surface area contributed by atoms with Gasteiger partial charge in [-0.15, -0.1) is 0 Å². The van der Waals surface area contributed by atoms with Crippen LogP contribution in [0.2, 0.25) is 0 Å². The van der Waals surface area contributed by atoms with Crippen molar-refractivity contribution in [2.75, 3.05) is 32.7 Å². The van der Waals surface area contributed by atoms with Crippen molar-refractivity contribution in [3.05, 3.63) is 0 Å². The van der Waals surface area contributed by atoms with E-state index in [1.807, 2.05) is 0 Å². The van der Waals surface area contributed by atoms with Gasteiger partial charge in [-0.25, -0.2) is 0 Å². The molecular weight excluding hydrogens is 212 g/mol. The summed E-state index contributed by atoms with van der Waals surface area (Å²) in [6, 6.07) is 0. The lowest BCUT2D eigenvalue weighted by Gasteiger charge is -2.38. The molecule has 0 amide bonds. The fourth-order valence-corrected chi connectivity index (χ4v) is 3.24. The zero-order valence-electron chi connectivity index (χ0n) is 11.3. The minimum Gasteiger partial charge on any atom is -0.378 e. The molecule has 1 aliphatic heterocycles. The maximum Gasteiger partial charge on any atom is 0.107 e. The van der Waals surface area contributed by atoms with Gasteiger partial charge < -0.3 is 10.0 Å². The molecule has 1 unspecified atom stereocenters. The Bertz CT molecular complexity index is 208. The highest BCUT2D eigenvalue weighted by Gasteiger charge is 2.23. The van der Waals surface area contributed by atoms with E-state index in [-0.39, 0.29) is 6.23 Å². The molecule has 3 heteroatoms. The Morgan fingerprint density at radius 3 is 2.29 bits per heavy atom. The van der Waals surface area contributed by atoms with Gasteiger partial charge in [0.1, 0.15) is 6.23 Å². The molecule has 2 rings (SSSR count). The molecule has 1 atom stereocenters. The van der Waals surface area contributed by atoms with Crippen molar-refractivity contribution in [3.63, 3.8) is 0 Å². The van der Waals surface area contributed by atoms with Gasteiger partial charge in [-0.1, -0.05) is 26.2 Å². The summed E-state index contributed by atoms with van der Waals surface area (Å²) >= 11 is 0. The first-order valence-corrected chi connectivity index (χ1v) is 7.44. The van der Waals surface area contributed by atoms with Gasteiger partial charge in [-0.2, -0.15) is 0 Å². The molecule has 0 aromatic heterocycles. The quantitative estimate of drug-likeness (QED) is 0.813. The van der Waals surface area contributed by atoms with Crippen molar-refractivity contribution in [2.45, 2.75) is 51.7 Å². The second kappa shape index (κ2) is 6.72. The molecule has 1 aliphatic carbocycles. The van der Waals surface area contributed by atoms with Crippen LogP contribution in [-0.4, -0.2) is 53.9 Å². The second-order valence-corrected chi connectivity index (χ2v) is 5.73. The molecular formula is C14H28N2O. The van der Waals surface area contributed by atoms with Crippen molar-refractivity contribution in [1.82, 2.24) is 9.80 Å². The molecule has 1 saturated heterocycles. The number of hydrogen-bond donors (Lipinski definition) is 1. The maximum atomic E-state index is 9.80. The fourth-order valence-electron chi connectivity index (χ4n) is 3.24. The van der Waals surface area contributed by atoms with Gasteiger partial charge in [-0.3, -0.25) is 4.90 Å². The third-order valence-electron chi connectivity index (χ3n) is 4.43. The van der Waals surface area contributed by atoms with E-state index < -0.39 is 0 Å². The Balaban J connectivity index is 1.67. The third kappa shape index (κ3) is 3.94. The van der Waals surface area contributed by atoms with Crippen LogP contribution < -0.4 is 0 Å². The van der Waals surface area contributed by atoms with Gasteiger partial charge >= 0.3 is 0 Å². The van der Waals surface area contributed by atoms with E-state index in [0.29, 0.717) is 0 Å². The summed E-state index contributed by atoms with van der Waals surface area (Å²) < 4.78 is 0. The van der Waals surface area contributed by atoms with Crippen LogP contribution in [0.5, 0.6) is 0 Å². The van der Waals surface area contributed by atoms with Gasteiger partial charge in [-0.05, 0) is 25.2 Å². The monoisotopic (exact) mass is 240 g/mol. The van der Waals surface area contributed by atoms with Crippen LogP contribution in [0.15, 0.2) is 0 Å². The summed E-state index contributed by atoms with van der Waals surface area (Å²) in [6.07, 6.45) is 7.86. The molecule has 0 radical (unpaired) electrons. The number of nitrogens with zero attached hydrogens (tertiary/aromatic N) is 2. The lowest BCUT2D eigenvalue weighted by atomic mass is 9.89. The molecule has 1 N–H and O–H groups in total. The summed E-state index contributed by atoms with van der Waals surface area (Å²) in [4.78, 5) is 4.83. The molecule has 1 heterocycles. The van der Waals surface area contributed by atoms with Crippen LogP contribution in [0.1, 0.15) is 45.4 Å². The molecule has 17 heavy (non-hydrogen) atoms. The average Bonchev–Trinajstić information content (AvgIpc) is 2.40. The summed E-state index contributed by atoms with van der Waals surface area (Å²) in [5, 5.41) is 9.80. The Morgan fingerprint density at radius 2 is 1.71 bits per heavy atom. The number of aliphatic hydroxyl groups is 1. The van der Waals surface area contributed by atoms with E-state index in [9.17, 15) is 5.11 Å². The fraction of sp³-hybridized carbons (Fsp3) is 1.00. The minimum atomic E-state index is -0.216. The SMILES string of the molecule is CCC(O)N1CCN(CC2CCCCC2)CC1. The summed E-state index contributed by atoms with van der Waals surface area (Å²) in [7, 11) is 0. The summed E-state index contributed by atoms with van der Waals surface area (Å²) in [5.74, 6) is 0.950. The highest BCUT2D eigenvalue weighted by Crippen LogP contribution is 2.24. The van der Waals surface area contributed by atoms with E-state index >= 15 is 0 Å². The number of piperazine rings is 1. The number of rotatable bonds is 4. The van der Waals surface area contributed by atoms with Gasteiger partial charge in [0.2, 0.25) is 0 Å². The van der Waals surface area contributed by atoms with Crippen molar-refractivity contribution in [3.8, 4) is 0 Å². The largest absolute Gasteiger partial charge is 0.378 e. The lowest BCUT2D eigenvalue weighted by molar-refractivity contribution is -0.0295. The maximum absolute atomic E-state index is 9.80. The van der Waals surface area contributed by atoms with Crippen LogP contribution in [0, 0.1) is 5.92 Å². The van der Waals surface area contributed by atoms with Gasteiger partial charge in [0.05, 0.1) is 0 Å². The van der Waals surface area contributed by atoms with E-state index in [4.69, 9.17) is 0 Å². The second-order valence-electron chi connectivity index (χ2n) is 5.73. The molecule has 0 bridgehead atoms. The Hall–Kier alpha value is -0.120. The van der Waals surface area contributed by atoms with E-state index in [0.717, 1.165) is 38.5 Å². The predicted molar refractivity (Wildman–Crippen MR) is 70.9 cm³/mol. The molecule has 0 aromatic carbocycles. The topological polar surface area (TPSA) is 26.7 Å². The van der Waals surface area contributed by atoms with Crippen molar-refractivity contribution in [1.29, 1.82) is 0 Å². The highest BCUT2D eigenvalue weighted by molar-refractivity contribution is 4.77. The molecule has 0 spiro atoms. The van der Waals surface area contributed by atoms with Crippen LogP contribution in [0.3, 0.4) is 0 Å². The van der Waals surface area contributed by atoms with Gasteiger partial charge in [0.15, 0.2) is 0 Å². The third-order valence-corrected chi connectivity index (χ3v) is 4.43. The molecule has 2 aliphatic rings. The van der Waals surface area contributed by atoms with Gasteiger partial charge in [0.25, 0.3) is 0 Å². The first-order chi connectivity index (χ1) is 8.29. The van der Waals surface area contributed by atoms with Crippen molar-refractivity contribution < 1.29 is 5.11 Å². The van der Waals surface area contributed by atoms with Gasteiger partial charge in [0, 0.05) is 32.7 Å². The molecule has 1 saturated carbocycles. The van der Waals surface area contributed by atoms with Crippen LogP contribution in [-0.2, 0) is 0 Å². The van der Waals surface area contributed by atoms with Crippen LogP contribution in [0.4, 0.5) is 0 Å². The van der Waals surface area contributed by atoms with Crippen molar-refractivity contribution in [2.24, 2.45) is 5.92 Å². The zero-order valence-corrected chi connectivity index (χ0v) is 11.3. The molecule has 0 aromatic rings. The summed E-state index contributed by atoms with van der Waals surface area (Å²) in [5.41, 5.74) is 0. The van der Waals surface area contributed by atoms with Crippen LogP contribution >= 0.6 is 0 Å². The molecule has 100 valence electrons. The first kappa shape index (κ1) is 13.3. The minimum absolute atomic E-state index is 0.216. The Kier molecular flexibility index (Phi) is 5.26. The van der Waals surface area contributed by atoms with E-state index in [1.165, 1.54) is 38.6 Å². The molecule has 3 nitrogen and oxygen atoms in total. The normalized spacial score (nSPS) is 27.2. The number of hydrogen-bond acceptors (Lipinski definition) is 3. The summed E-state index contributed by atoms with van der Waals surface area (Å²) in [6.45, 7) is 7.74. The highest BCUT2D eigenvalue weighted by atomic mass is 16.3. The average molecular weight is 240 g/mol. The van der Waals surface area contributed by atoms with E-state index in [1.54, 1.807) is 0 Å². The van der Waals surface area contributed by atoms with Crippen molar-refractivity contribution >= 4 is 0 Å².